The Balaban J connectivity index is 3.80. The predicted octanol–water partition coefficient (Wildman–Crippen LogP) is -0.267. The van der Waals surface area contributed by atoms with E-state index in [-0.39, 0.29) is 0 Å². The van der Waals surface area contributed by atoms with E-state index >= 15 is 0 Å². The van der Waals surface area contributed by atoms with Crippen molar-refractivity contribution < 1.29 is 31.6 Å². The Morgan fingerprint density at radius 2 is 2.00 bits per heavy atom. The first kappa shape index (κ1) is 10.3. The Morgan fingerprint density at radius 1 is 1.55 bits per heavy atom. The zero-order valence-corrected chi connectivity index (χ0v) is 5.53. The molecule has 0 aromatic rings. The lowest BCUT2D eigenvalue weighted by Crippen LogP contribution is -2.32. The minimum Gasteiger partial charge on any atom is -0.348 e. The number of nitrogens with one attached hydrogen (secondary N) is 1. The van der Waals surface area contributed by atoms with E-state index in [0.717, 1.165) is 4.89 Å². The zero-order valence-electron chi connectivity index (χ0n) is 4.71. The third-order valence-corrected chi connectivity index (χ3v) is 0.663. The molecule has 0 aliphatic carbocycles. The van der Waals surface area contributed by atoms with Crippen LogP contribution in [0.2, 0.25) is 0 Å². The molecular weight excluding hydrogens is 191 g/mol. The first-order chi connectivity index (χ1) is 4.84. The van der Waals surface area contributed by atoms with E-state index in [9.17, 15) is 22.2 Å². The van der Waals surface area contributed by atoms with Gasteiger partial charge in [0.1, 0.15) is 0 Å². The van der Waals surface area contributed by atoms with Crippen molar-refractivity contribution in [1.29, 1.82) is 0 Å². The maximum atomic E-state index is 11.2. The van der Waals surface area contributed by atoms with Crippen molar-refractivity contribution in [2.75, 3.05) is 0 Å². The lowest BCUT2D eigenvalue weighted by atomic mass is 10.7. The number of hydrogen-bond donors (Lipinski definition) is 2. The molecule has 0 aromatic carbocycles. The van der Waals surface area contributed by atoms with Crippen LogP contribution < -0.4 is 4.89 Å². The standard InChI is InChI=1S/C2H2F3NO4S/c3-2(4,5)1(7)10-6-11(8)9/h6H,(H,8,9). The second-order valence-corrected chi connectivity index (χ2v) is 1.88. The summed E-state index contributed by atoms with van der Waals surface area (Å²) >= 11 is -2.81. The molecule has 66 valence electrons. The monoisotopic (exact) mass is 193 g/mol. The predicted molar refractivity (Wildman–Crippen MR) is 26.1 cm³/mol. The van der Waals surface area contributed by atoms with Crippen LogP contribution in [0, 0.1) is 0 Å². The van der Waals surface area contributed by atoms with Gasteiger partial charge in [-0.25, -0.2) is 9.00 Å². The summed E-state index contributed by atoms with van der Waals surface area (Å²) in [5.74, 6) is -2.58. The van der Waals surface area contributed by atoms with Crippen LogP contribution in [0.4, 0.5) is 13.2 Å². The molecule has 2 N–H and O–H groups in total. The Kier molecular flexibility index (Phi) is 3.42. The highest BCUT2D eigenvalue weighted by atomic mass is 32.2. The summed E-state index contributed by atoms with van der Waals surface area (Å²) in [6.07, 6.45) is -5.17. The first-order valence-electron chi connectivity index (χ1n) is 1.98. The fourth-order valence-corrected chi connectivity index (χ4v) is 0.278. The largest absolute Gasteiger partial charge is 0.492 e. The summed E-state index contributed by atoms with van der Waals surface area (Å²) in [7, 11) is 0. The van der Waals surface area contributed by atoms with Crippen LogP contribution in [-0.2, 0) is 20.9 Å². The molecule has 0 fully saturated rings. The average Bonchev–Trinajstić information content (AvgIpc) is 1.80. The van der Waals surface area contributed by atoms with E-state index in [1.807, 2.05) is 0 Å². The van der Waals surface area contributed by atoms with Crippen molar-refractivity contribution in [1.82, 2.24) is 4.89 Å². The minimum atomic E-state index is -5.17. The van der Waals surface area contributed by atoms with Gasteiger partial charge < -0.3 is 4.84 Å². The van der Waals surface area contributed by atoms with E-state index < -0.39 is 23.4 Å². The number of carbonyl (C=O) groups excluding carboxylic acids is 1. The minimum absolute atomic E-state index is 0.910. The van der Waals surface area contributed by atoms with Crippen LogP contribution in [0.15, 0.2) is 0 Å². The van der Waals surface area contributed by atoms with Crippen molar-refractivity contribution in [3.05, 3.63) is 0 Å². The highest BCUT2D eigenvalue weighted by molar-refractivity contribution is 7.76. The van der Waals surface area contributed by atoms with Gasteiger partial charge in [-0.05, 0) is 4.89 Å². The van der Waals surface area contributed by atoms with Crippen LogP contribution >= 0.6 is 0 Å². The number of carbonyl (C=O) groups is 1. The zero-order chi connectivity index (χ0) is 9.07. The molecule has 0 saturated heterocycles. The Hall–Kier alpha value is -0.670. The molecule has 0 radical (unpaired) electrons. The second kappa shape index (κ2) is 3.64. The smallest absolute Gasteiger partial charge is 0.348 e. The van der Waals surface area contributed by atoms with Gasteiger partial charge in [0.25, 0.3) is 11.3 Å². The van der Waals surface area contributed by atoms with E-state index in [0.29, 0.717) is 0 Å². The number of rotatable bonds is 2. The molecule has 0 bridgehead atoms. The van der Waals surface area contributed by atoms with E-state index in [4.69, 9.17) is 4.55 Å². The summed E-state index contributed by atoms with van der Waals surface area (Å²) < 4.78 is 51.0. The number of alkyl halides is 3. The number of halogens is 3. The SMILES string of the molecule is O=C(ONS(=O)O)C(F)(F)F. The molecule has 0 heterocycles. The summed E-state index contributed by atoms with van der Waals surface area (Å²) in [5, 5.41) is 0. The van der Waals surface area contributed by atoms with Crippen molar-refractivity contribution in [2.24, 2.45) is 0 Å². The second-order valence-electron chi connectivity index (χ2n) is 1.22. The van der Waals surface area contributed by atoms with Gasteiger partial charge in [-0.2, -0.15) is 13.2 Å². The Bertz CT molecular complexity index is 179. The van der Waals surface area contributed by atoms with Gasteiger partial charge in [0.2, 0.25) is 0 Å². The van der Waals surface area contributed by atoms with Gasteiger partial charge in [-0.3, -0.25) is 4.55 Å². The quantitative estimate of drug-likeness (QED) is 0.467. The van der Waals surface area contributed by atoms with E-state index in [1.165, 1.54) is 0 Å². The molecule has 9 heteroatoms. The van der Waals surface area contributed by atoms with Gasteiger partial charge in [0.15, 0.2) is 0 Å². The van der Waals surface area contributed by atoms with Crippen LogP contribution in [0.5, 0.6) is 0 Å². The Morgan fingerprint density at radius 3 is 2.27 bits per heavy atom. The van der Waals surface area contributed by atoms with Crippen molar-refractivity contribution in [2.45, 2.75) is 6.18 Å². The molecule has 0 spiro atoms. The van der Waals surface area contributed by atoms with Crippen LogP contribution in [-0.4, -0.2) is 20.9 Å². The van der Waals surface area contributed by atoms with Gasteiger partial charge in [-0.1, -0.05) is 0 Å². The molecule has 0 aliphatic heterocycles. The fourth-order valence-electron chi connectivity index (χ4n) is 0.131. The maximum Gasteiger partial charge on any atom is 0.492 e. The summed E-state index contributed by atoms with van der Waals surface area (Å²) in [4.78, 5) is 13.7. The van der Waals surface area contributed by atoms with Crippen molar-refractivity contribution in [3.63, 3.8) is 0 Å². The summed E-state index contributed by atoms with van der Waals surface area (Å²) in [6.45, 7) is 0. The fraction of sp³-hybridized carbons (Fsp3) is 0.500. The molecule has 11 heavy (non-hydrogen) atoms. The van der Waals surface area contributed by atoms with Crippen LogP contribution in [0.1, 0.15) is 0 Å². The van der Waals surface area contributed by atoms with Gasteiger partial charge in [0, 0.05) is 0 Å². The third kappa shape index (κ3) is 4.70. The molecule has 0 rings (SSSR count). The number of hydrogen-bond acceptors (Lipinski definition) is 3. The lowest BCUT2D eigenvalue weighted by Gasteiger charge is -2.03. The van der Waals surface area contributed by atoms with Gasteiger partial charge >= 0.3 is 12.1 Å². The lowest BCUT2D eigenvalue weighted by molar-refractivity contribution is -0.203. The van der Waals surface area contributed by atoms with Crippen LogP contribution in [0.3, 0.4) is 0 Å². The van der Waals surface area contributed by atoms with E-state index in [1.54, 1.807) is 0 Å². The molecule has 1 atom stereocenters. The molecule has 0 saturated carbocycles. The third-order valence-electron chi connectivity index (χ3n) is 0.437. The summed E-state index contributed by atoms with van der Waals surface area (Å²) in [5.41, 5.74) is 0. The topological polar surface area (TPSA) is 75.6 Å². The molecule has 0 amide bonds. The average molecular weight is 193 g/mol. The normalized spacial score (nSPS) is 14.2. The molecule has 5 nitrogen and oxygen atoms in total. The Labute approximate surface area is 60.9 Å². The molecular formula is C2H2F3NO4S. The molecule has 1 unspecified atom stereocenters. The van der Waals surface area contributed by atoms with Gasteiger partial charge in [0.05, 0.1) is 0 Å². The highest BCUT2D eigenvalue weighted by Gasteiger charge is 2.41. The molecule has 0 aliphatic rings. The van der Waals surface area contributed by atoms with E-state index in [2.05, 4.69) is 4.84 Å². The van der Waals surface area contributed by atoms with Gasteiger partial charge in [-0.15, -0.1) is 0 Å². The molecule has 0 aromatic heterocycles. The van der Waals surface area contributed by atoms with Crippen LogP contribution in [0.25, 0.3) is 0 Å². The van der Waals surface area contributed by atoms with Crippen molar-refractivity contribution in [3.8, 4) is 0 Å². The summed E-state index contributed by atoms with van der Waals surface area (Å²) in [6, 6.07) is 0. The highest BCUT2D eigenvalue weighted by Crippen LogP contribution is 2.15. The maximum absolute atomic E-state index is 11.2. The first-order valence-corrected chi connectivity index (χ1v) is 3.09. The van der Waals surface area contributed by atoms with Crippen molar-refractivity contribution >= 4 is 17.2 Å².